The maximum atomic E-state index is 12.1. The lowest BCUT2D eigenvalue weighted by Gasteiger charge is -2.24. The molecule has 0 aromatic carbocycles. The molecule has 110 valence electrons. The van der Waals surface area contributed by atoms with Gasteiger partial charge in [-0.3, -0.25) is 24.1 Å². The van der Waals surface area contributed by atoms with Gasteiger partial charge in [0.25, 0.3) is 0 Å². The van der Waals surface area contributed by atoms with Crippen LogP contribution in [0.1, 0.15) is 38.5 Å². The predicted molar refractivity (Wildman–Crippen MR) is 67.6 cm³/mol. The molecule has 7 nitrogen and oxygen atoms in total. The number of aliphatic carboxylic acids is 1. The van der Waals surface area contributed by atoms with E-state index < -0.39 is 5.97 Å². The summed E-state index contributed by atoms with van der Waals surface area (Å²) in [5, 5.41) is 8.81. The Kier molecular flexibility index (Phi) is 4.36. The summed E-state index contributed by atoms with van der Waals surface area (Å²) < 4.78 is 0. The van der Waals surface area contributed by atoms with Gasteiger partial charge in [0.1, 0.15) is 0 Å². The van der Waals surface area contributed by atoms with E-state index in [1.807, 2.05) is 0 Å². The van der Waals surface area contributed by atoms with Crippen LogP contribution in [0.5, 0.6) is 0 Å². The summed E-state index contributed by atoms with van der Waals surface area (Å²) in [5.74, 6) is -1.56. The molecular formula is C13H18N2O5. The van der Waals surface area contributed by atoms with E-state index in [1.54, 1.807) is 4.90 Å². The number of carboxylic acids is 1. The summed E-state index contributed by atoms with van der Waals surface area (Å²) in [6.45, 7) is 0.658. The highest BCUT2D eigenvalue weighted by atomic mass is 16.4. The van der Waals surface area contributed by atoms with Gasteiger partial charge in [0, 0.05) is 38.4 Å². The highest BCUT2D eigenvalue weighted by molar-refractivity contribution is 6.02. The third-order valence-corrected chi connectivity index (χ3v) is 3.81. The zero-order chi connectivity index (χ0) is 14.7. The van der Waals surface area contributed by atoms with Crippen molar-refractivity contribution in [2.24, 2.45) is 0 Å². The number of carboxylic acid groups (broad SMARTS) is 1. The fraction of sp³-hybridized carbons (Fsp3) is 0.692. The lowest BCUT2D eigenvalue weighted by molar-refractivity contribution is -0.140. The van der Waals surface area contributed by atoms with Crippen LogP contribution in [0.2, 0.25) is 0 Å². The van der Waals surface area contributed by atoms with Crippen LogP contribution in [0.4, 0.5) is 0 Å². The summed E-state index contributed by atoms with van der Waals surface area (Å²) >= 11 is 0. The molecule has 7 heteroatoms. The first-order valence-corrected chi connectivity index (χ1v) is 6.83. The number of carbonyl (C=O) groups excluding carboxylic acids is 3. The van der Waals surface area contributed by atoms with Gasteiger partial charge in [0.05, 0.1) is 6.42 Å². The molecule has 1 N–H and O–H groups in total. The molecule has 2 heterocycles. The van der Waals surface area contributed by atoms with Crippen molar-refractivity contribution in [1.82, 2.24) is 9.80 Å². The largest absolute Gasteiger partial charge is 0.481 e. The van der Waals surface area contributed by atoms with E-state index in [1.165, 1.54) is 0 Å². The molecule has 2 aliphatic rings. The third kappa shape index (κ3) is 3.15. The lowest BCUT2D eigenvalue weighted by atomic mass is 10.1. The minimum Gasteiger partial charge on any atom is -0.481 e. The van der Waals surface area contributed by atoms with Crippen LogP contribution >= 0.6 is 0 Å². The summed E-state index contributed by atoms with van der Waals surface area (Å²) in [6, 6.07) is -0.259. The molecule has 2 saturated heterocycles. The maximum absolute atomic E-state index is 12.1. The molecule has 3 amide bonds. The van der Waals surface area contributed by atoms with E-state index in [9.17, 15) is 19.2 Å². The van der Waals surface area contributed by atoms with Crippen LogP contribution in [0, 0.1) is 0 Å². The fourth-order valence-corrected chi connectivity index (χ4v) is 2.80. The number of hydrogen-bond acceptors (Lipinski definition) is 4. The first-order valence-electron chi connectivity index (χ1n) is 6.83. The SMILES string of the molecule is O=C(O)CC1CCCN1C(=O)CCN1C(=O)CCC1=O. The van der Waals surface area contributed by atoms with Crippen LogP contribution in [0.3, 0.4) is 0 Å². The fourth-order valence-electron chi connectivity index (χ4n) is 2.80. The number of carbonyl (C=O) groups is 4. The Balaban J connectivity index is 1.86. The molecular weight excluding hydrogens is 264 g/mol. The average Bonchev–Trinajstić information content (AvgIpc) is 2.94. The smallest absolute Gasteiger partial charge is 0.305 e. The topological polar surface area (TPSA) is 95.0 Å². The number of amides is 3. The van der Waals surface area contributed by atoms with Gasteiger partial charge in [-0.05, 0) is 12.8 Å². The Labute approximate surface area is 116 Å². The molecule has 0 spiro atoms. The molecule has 0 bridgehead atoms. The standard InChI is InChI=1S/C13H18N2O5/c16-10-3-4-11(17)15(10)7-5-12(18)14-6-1-2-9(14)8-13(19)20/h9H,1-8H2,(H,19,20). The van der Waals surface area contributed by atoms with Gasteiger partial charge >= 0.3 is 5.97 Å². The number of hydrogen-bond donors (Lipinski definition) is 1. The van der Waals surface area contributed by atoms with Gasteiger partial charge in [0.15, 0.2) is 0 Å². The quantitative estimate of drug-likeness (QED) is 0.716. The monoisotopic (exact) mass is 282 g/mol. The molecule has 0 aromatic rings. The Hall–Kier alpha value is -1.92. The van der Waals surface area contributed by atoms with Crippen molar-refractivity contribution in [2.75, 3.05) is 13.1 Å². The van der Waals surface area contributed by atoms with Crippen molar-refractivity contribution >= 4 is 23.7 Å². The Morgan fingerprint density at radius 1 is 1.20 bits per heavy atom. The Morgan fingerprint density at radius 2 is 1.85 bits per heavy atom. The molecule has 0 aliphatic carbocycles. The van der Waals surface area contributed by atoms with E-state index >= 15 is 0 Å². The second kappa shape index (κ2) is 6.02. The van der Waals surface area contributed by atoms with Crippen LogP contribution in [0.25, 0.3) is 0 Å². The number of likely N-dealkylation sites (tertiary alicyclic amines) is 2. The molecule has 2 aliphatic heterocycles. The highest BCUT2D eigenvalue weighted by Gasteiger charge is 2.32. The zero-order valence-electron chi connectivity index (χ0n) is 11.2. The summed E-state index contributed by atoms with van der Waals surface area (Å²) in [7, 11) is 0. The first kappa shape index (κ1) is 14.5. The number of imide groups is 1. The second-order valence-electron chi connectivity index (χ2n) is 5.17. The van der Waals surface area contributed by atoms with E-state index in [2.05, 4.69) is 0 Å². The van der Waals surface area contributed by atoms with Crippen molar-refractivity contribution < 1.29 is 24.3 Å². The van der Waals surface area contributed by atoms with Gasteiger partial charge in [-0.1, -0.05) is 0 Å². The summed E-state index contributed by atoms with van der Waals surface area (Å²) in [6.07, 6.45) is 1.96. The van der Waals surface area contributed by atoms with E-state index in [0.29, 0.717) is 13.0 Å². The van der Waals surface area contributed by atoms with Crippen molar-refractivity contribution in [2.45, 2.75) is 44.6 Å². The van der Waals surface area contributed by atoms with Gasteiger partial charge < -0.3 is 10.0 Å². The molecule has 1 atom stereocenters. The van der Waals surface area contributed by atoms with Crippen molar-refractivity contribution in [3.63, 3.8) is 0 Å². The zero-order valence-corrected chi connectivity index (χ0v) is 11.2. The normalized spacial score (nSPS) is 22.7. The van der Waals surface area contributed by atoms with Crippen molar-refractivity contribution in [1.29, 1.82) is 0 Å². The predicted octanol–water partition coefficient (Wildman–Crippen LogP) is -0.00880. The van der Waals surface area contributed by atoms with Crippen LogP contribution in [-0.2, 0) is 19.2 Å². The second-order valence-corrected chi connectivity index (χ2v) is 5.17. The van der Waals surface area contributed by atoms with E-state index in [-0.39, 0.29) is 56.0 Å². The van der Waals surface area contributed by atoms with Gasteiger partial charge in [-0.25, -0.2) is 0 Å². The molecule has 2 fully saturated rings. The van der Waals surface area contributed by atoms with Crippen LogP contribution < -0.4 is 0 Å². The van der Waals surface area contributed by atoms with Crippen molar-refractivity contribution in [3.05, 3.63) is 0 Å². The molecule has 0 saturated carbocycles. The number of nitrogens with zero attached hydrogens (tertiary/aromatic N) is 2. The molecule has 0 radical (unpaired) electrons. The molecule has 2 rings (SSSR count). The maximum Gasteiger partial charge on any atom is 0.305 e. The average molecular weight is 282 g/mol. The Bertz CT molecular complexity index is 432. The van der Waals surface area contributed by atoms with Gasteiger partial charge in [-0.2, -0.15) is 0 Å². The van der Waals surface area contributed by atoms with E-state index in [4.69, 9.17) is 5.11 Å². The third-order valence-electron chi connectivity index (χ3n) is 3.81. The van der Waals surface area contributed by atoms with Crippen molar-refractivity contribution in [3.8, 4) is 0 Å². The van der Waals surface area contributed by atoms with Crippen LogP contribution in [0.15, 0.2) is 0 Å². The van der Waals surface area contributed by atoms with Gasteiger partial charge in [-0.15, -0.1) is 0 Å². The molecule has 1 unspecified atom stereocenters. The summed E-state index contributed by atoms with van der Waals surface area (Å²) in [5.41, 5.74) is 0. The van der Waals surface area contributed by atoms with E-state index in [0.717, 1.165) is 11.3 Å². The van der Waals surface area contributed by atoms with Gasteiger partial charge in [0.2, 0.25) is 17.7 Å². The minimum atomic E-state index is -0.917. The van der Waals surface area contributed by atoms with Crippen LogP contribution in [-0.4, -0.2) is 57.7 Å². The highest BCUT2D eigenvalue weighted by Crippen LogP contribution is 2.21. The molecule has 20 heavy (non-hydrogen) atoms. The molecule has 0 aromatic heterocycles. The number of rotatable bonds is 5. The first-order chi connectivity index (χ1) is 9.49. The Morgan fingerprint density at radius 3 is 2.45 bits per heavy atom. The summed E-state index contributed by atoms with van der Waals surface area (Å²) in [4.78, 5) is 48.4. The lowest BCUT2D eigenvalue weighted by Crippen LogP contribution is -2.39. The minimum absolute atomic E-state index is 0.0483.